The maximum atomic E-state index is 13.8. The third-order valence-corrected chi connectivity index (χ3v) is 5.66. The topological polar surface area (TPSA) is 26.3 Å². The molecule has 0 aromatic heterocycles. The van der Waals surface area contributed by atoms with Crippen molar-refractivity contribution >= 4 is 5.97 Å². The predicted molar refractivity (Wildman–Crippen MR) is 124 cm³/mol. The molecule has 0 saturated carbocycles. The van der Waals surface area contributed by atoms with Crippen LogP contribution in [0.15, 0.2) is 91.0 Å². The summed E-state index contributed by atoms with van der Waals surface area (Å²) < 4.78 is 5.94. The van der Waals surface area contributed by atoms with Gasteiger partial charge in [-0.05, 0) is 23.1 Å². The zero-order valence-corrected chi connectivity index (χ0v) is 17.9. The Bertz CT molecular complexity index is 776. The van der Waals surface area contributed by atoms with E-state index < -0.39 is 5.41 Å². The van der Waals surface area contributed by atoms with E-state index >= 15 is 0 Å². The molecule has 0 spiro atoms. The van der Waals surface area contributed by atoms with Crippen molar-refractivity contribution in [1.82, 2.24) is 0 Å². The van der Waals surface area contributed by atoms with Gasteiger partial charge < -0.3 is 4.74 Å². The number of unbranched alkanes of at least 4 members (excludes halogenated alkanes) is 5. The van der Waals surface area contributed by atoms with Crippen molar-refractivity contribution in [1.29, 1.82) is 0 Å². The Hall–Kier alpha value is -2.87. The van der Waals surface area contributed by atoms with Gasteiger partial charge in [0, 0.05) is 0 Å². The van der Waals surface area contributed by atoms with Crippen molar-refractivity contribution < 1.29 is 9.53 Å². The lowest BCUT2D eigenvalue weighted by molar-refractivity contribution is -0.147. The summed E-state index contributed by atoms with van der Waals surface area (Å²) in [7, 11) is 0. The number of ether oxygens (including phenoxy) is 1. The van der Waals surface area contributed by atoms with Crippen molar-refractivity contribution in [2.75, 3.05) is 6.61 Å². The van der Waals surface area contributed by atoms with Gasteiger partial charge in [0.2, 0.25) is 0 Å². The molecule has 3 aromatic carbocycles. The van der Waals surface area contributed by atoms with E-state index in [-0.39, 0.29) is 5.97 Å². The van der Waals surface area contributed by atoms with Crippen LogP contribution in [0.25, 0.3) is 0 Å². The molecule has 0 aliphatic carbocycles. The van der Waals surface area contributed by atoms with Gasteiger partial charge in [-0.3, -0.25) is 4.79 Å². The van der Waals surface area contributed by atoms with Crippen LogP contribution in [-0.2, 0) is 14.9 Å². The maximum Gasteiger partial charge on any atom is 0.325 e. The van der Waals surface area contributed by atoms with E-state index in [0.717, 1.165) is 29.5 Å². The van der Waals surface area contributed by atoms with Crippen molar-refractivity contribution in [3.05, 3.63) is 108 Å². The fraction of sp³-hybridized carbons (Fsp3) is 0.321. The molecule has 0 atom stereocenters. The van der Waals surface area contributed by atoms with Gasteiger partial charge in [0.1, 0.15) is 5.41 Å². The summed E-state index contributed by atoms with van der Waals surface area (Å²) in [5.74, 6) is -0.209. The van der Waals surface area contributed by atoms with Gasteiger partial charge >= 0.3 is 5.97 Å². The van der Waals surface area contributed by atoms with E-state index in [1.165, 1.54) is 25.7 Å². The Balaban J connectivity index is 1.92. The highest BCUT2D eigenvalue weighted by Crippen LogP contribution is 2.40. The average molecular weight is 401 g/mol. The highest BCUT2D eigenvalue weighted by molar-refractivity contribution is 5.92. The second-order valence-electron chi connectivity index (χ2n) is 7.75. The minimum absolute atomic E-state index is 0.209. The van der Waals surface area contributed by atoms with E-state index in [4.69, 9.17) is 4.74 Å². The van der Waals surface area contributed by atoms with Gasteiger partial charge in [0.15, 0.2) is 0 Å². The Labute approximate surface area is 180 Å². The molecule has 3 rings (SSSR count). The summed E-state index contributed by atoms with van der Waals surface area (Å²) in [6.07, 6.45) is 6.98. The number of carbonyl (C=O) groups is 1. The number of carbonyl (C=O) groups excluding carboxylic acids is 1. The van der Waals surface area contributed by atoms with Crippen LogP contribution in [0.4, 0.5) is 0 Å². The van der Waals surface area contributed by atoms with Crippen molar-refractivity contribution in [3.8, 4) is 0 Å². The average Bonchev–Trinajstić information content (AvgIpc) is 2.81. The third kappa shape index (κ3) is 4.99. The smallest absolute Gasteiger partial charge is 0.325 e. The van der Waals surface area contributed by atoms with E-state index in [2.05, 4.69) is 6.92 Å². The third-order valence-electron chi connectivity index (χ3n) is 5.66. The van der Waals surface area contributed by atoms with Gasteiger partial charge in [-0.2, -0.15) is 0 Å². The van der Waals surface area contributed by atoms with Crippen LogP contribution in [0.5, 0.6) is 0 Å². The standard InChI is InChI=1S/C28H32O2/c1-2-3-4-5-6-16-23-30-27(29)28(24-17-10-7-11-18-24,25-19-12-8-13-20-25)26-21-14-9-15-22-26/h7-15,17-22H,2-6,16,23H2,1H3. The number of rotatable bonds is 11. The van der Waals surface area contributed by atoms with Crippen LogP contribution < -0.4 is 0 Å². The lowest BCUT2D eigenvalue weighted by Gasteiger charge is -2.33. The molecule has 0 N–H and O–H groups in total. The van der Waals surface area contributed by atoms with Crippen molar-refractivity contribution in [3.63, 3.8) is 0 Å². The minimum atomic E-state index is -0.980. The van der Waals surface area contributed by atoms with Gasteiger partial charge in [-0.1, -0.05) is 130 Å². The number of hydrogen-bond acceptors (Lipinski definition) is 2. The summed E-state index contributed by atoms with van der Waals surface area (Å²) in [5.41, 5.74) is 1.80. The van der Waals surface area contributed by atoms with Crippen LogP contribution in [-0.4, -0.2) is 12.6 Å². The van der Waals surface area contributed by atoms with E-state index in [1.54, 1.807) is 0 Å². The summed E-state index contributed by atoms with van der Waals surface area (Å²) in [5, 5.41) is 0. The second-order valence-corrected chi connectivity index (χ2v) is 7.75. The molecule has 0 amide bonds. The first kappa shape index (κ1) is 21.8. The summed E-state index contributed by atoms with van der Waals surface area (Å²) in [6, 6.07) is 30.0. The summed E-state index contributed by atoms with van der Waals surface area (Å²) >= 11 is 0. The lowest BCUT2D eigenvalue weighted by Crippen LogP contribution is -2.40. The van der Waals surface area contributed by atoms with E-state index in [0.29, 0.717) is 6.61 Å². The van der Waals surface area contributed by atoms with Crippen LogP contribution in [0, 0.1) is 0 Å². The second kappa shape index (κ2) is 11.3. The van der Waals surface area contributed by atoms with E-state index in [9.17, 15) is 4.79 Å². The van der Waals surface area contributed by atoms with Gasteiger partial charge in [0.25, 0.3) is 0 Å². The SMILES string of the molecule is CCCCCCCCOC(=O)C(c1ccccc1)(c1ccccc1)c1ccccc1. The molecular weight excluding hydrogens is 368 g/mol. The predicted octanol–water partition coefficient (Wildman–Crippen LogP) is 6.92. The molecule has 0 aliphatic rings. The fourth-order valence-electron chi connectivity index (χ4n) is 4.07. The van der Waals surface area contributed by atoms with Crippen molar-refractivity contribution in [2.24, 2.45) is 0 Å². The minimum Gasteiger partial charge on any atom is -0.465 e. The van der Waals surface area contributed by atoms with Crippen molar-refractivity contribution in [2.45, 2.75) is 50.9 Å². The molecule has 0 fully saturated rings. The molecule has 156 valence electrons. The van der Waals surface area contributed by atoms with Gasteiger partial charge in [-0.15, -0.1) is 0 Å². The molecule has 3 aromatic rings. The summed E-state index contributed by atoms with van der Waals surface area (Å²) in [6.45, 7) is 2.68. The lowest BCUT2D eigenvalue weighted by atomic mass is 9.69. The molecule has 30 heavy (non-hydrogen) atoms. The van der Waals surface area contributed by atoms with Gasteiger partial charge in [-0.25, -0.2) is 0 Å². The maximum absolute atomic E-state index is 13.8. The van der Waals surface area contributed by atoms with Crippen LogP contribution in [0.1, 0.15) is 62.1 Å². The number of hydrogen-bond donors (Lipinski definition) is 0. The Morgan fingerprint density at radius 1 is 0.633 bits per heavy atom. The quantitative estimate of drug-likeness (QED) is 0.198. The first-order valence-electron chi connectivity index (χ1n) is 11.1. The molecular formula is C28H32O2. The molecule has 2 heteroatoms. The van der Waals surface area contributed by atoms with Crippen LogP contribution in [0.2, 0.25) is 0 Å². The van der Waals surface area contributed by atoms with Gasteiger partial charge in [0.05, 0.1) is 6.61 Å². The number of esters is 1. The Kier molecular flexibility index (Phi) is 8.26. The Morgan fingerprint density at radius 2 is 1.03 bits per heavy atom. The normalized spacial score (nSPS) is 11.2. The van der Waals surface area contributed by atoms with Crippen LogP contribution >= 0.6 is 0 Å². The largest absolute Gasteiger partial charge is 0.465 e. The van der Waals surface area contributed by atoms with Crippen LogP contribution in [0.3, 0.4) is 0 Å². The molecule has 0 saturated heterocycles. The molecule has 0 aliphatic heterocycles. The molecule has 0 unspecified atom stereocenters. The molecule has 0 radical (unpaired) electrons. The zero-order valence-electron chi connectivity index (χ0n) is 17.9. The first-order valence-corrected chi connectivity index (χ1v) is 11.1. The number of benzene rings is 3. The monoisotopic (exact) mass is 400 g/mol. The Morgan fingerprint density at radius 3 is 1.47 bits per heavy atom. The highest BCUT2D eigenvalue weighted by atomic mass is 16.5. The molecule has 0 bridgehead atoms. The zero-order chi connectivity index (χ0) is 21.1. The highest BCUT2D eigenvalue weighted by Gasteiger charge is 2.45. The molecule has 0 heterocycles. The summed E-state index contributed by atoms with van der Waals surface area (Å²) in [4.78, 5) is 13.8. The molecule has 2 nitrogen and oxygen atoms in total. The van der Waals surface area contributed by atoms with E-state index in [1.807, 2.05) is 91.0 Å². The fourth-order valence-corrected chi connectivity index (χ4v) is 4.07. The first-order chi connectivity index (χ1) is 14.8.